The molecule has 1 aromatic heterocycles. The summed E-state index contributed by atoms with van der Waals surface area (Å²) < 4.78 is 60.2. The fourth-order valence-corrected chi connectivity index (χ4v) is 11.1. The number of aromatic nitrogens is 2. The predicted molar refractivity (Wildman–Crippen MR) is 259 cm³/mol. The maximum absolute atomic E-state index is 17.1. The van der Waals surface area contributed by atoms with Gasteiger partial charge in [-0.3, -0.25) is 24.5 Å². The van der Waals surface area contributed by atoms with E-state index in [2.05, 4.69) is 26.7 Å². The van der Waals surface area contributed by atoms with Gasteiger partial charge < -0.3 is 34.0 Å². The number of hydrogen-bond acceptors (Lipinski definition) is 11. The van der Waals surface area contributed by atoms with Crippen LogP contribution in [-0.2, 0) is 20.9 Å². The van der Waals surface area contributed by atoms with Crippen LogP contribution < -0.4 is 19.7 Å². The lowest BCUT2D eigenvalue weighted by molar-refractivity contribution is -0.137. The second-order valence-electron chi connectivity index (χ2n) is 19.1. The minimum Gasteiger partial charge on any atom is -0.493 e. The van der Waals surface area contributed by atoms with Crippen molar-refractivity contribution in [1.29, 1.82) is 0 Å². The molecule has 0 bridgehead atoms. The summed E-state index contributed by atoms with van der Waals surface area (Å²) in [5.74, 6) is -2.65. The van der Waals surface area contributed by atoms with Crippen molar-refractivity contribution < 1.29 is 41.8 Å². The highest BCUT2D eigenvalue weighted by Gasteiger charge is 2.41. The van der Waals surface area contributed by atoms with Crippen LogP contribution >= 0.6 is 11.6 Å². The SMILES string of the molecule is C=CC(=O)N1CCN(c2nc(OC[C@@H]3CCCN3C)nc3c(F)c(-c4c(F)cccc4OCCCCCCCN4CCC(c5cc(F)cc6c5CN(C5CCC(=O)NC5=O)C6=O)CC4)c(Cl)cc23)CC1. The number of nitrogens with zero attached hydrogens (tertiary/aromatic N) is 7. The molecule has 4 aromatic rings. The molecule has 2 atom stereocenters. The number of nitrogens with one attached hydrogen (secondary N) is 1. The molecule has 4 amide bonds. The largest absolute Gasteiger partial charge is 0.493 e. The molecule has 372 valence electrons. The van der Waals surface area contributed by atoms with Crippen molar-refractivity contribution in [2.24, 2.45) is 0 Å². The van der Waals surface area contributed by atoms with Crippen molar-refractivity contribution in [2.75, 3.05) is 77.5 Å². The molecule has 14 nitrogen and oxygen atoms in total. The lowest BCUT2D eigenvalue weighted by atomic mass is 9.85. The van der Waals surface area contributed by atoms with Crippen molar-refractivity contribution >= 4 is 52.0 Å². The first-order valence-corrected chi connectivity index (χ1v) is 25.1. The fraction of sp³-hybridized carbons (Fsp3) is 0.500. The fourth-order valence-electron chi connectivity index (χ4n) is 10.8. The Kier molecular flexibility index (Phi) is 15.2. The van der Waals surface area contributed by atoms with Gasteiger partial charge in [-0.2, -0.15) is 9.97 Å². The number of halogens is 4. The third-order valence-electron chi connectivity index (χ3n) is 14.8. The smallest absolute Gasteiger partial charge is 0.319 e. The molecule has 3 aromatic carbocycles. The monoisotopic (exact) mass is 984 g/mol. The zero-order valence-corrected chi connectivity index (χ0v) is 40.4. The molecule has 0 radical (unpaired) electrons. The maximum Gasteiger partial charge on any atom is 0.319 e. The van der Waals surface area contributed by atoms with Crippen LogP contribution in [0, 0.1) is 17.5 Å². The summed E-state index contributed by atoms with van der Waals surface area (Å²) in [7, 11) is 2.03. The number of carbonyl (C=O) groups excluding carboxylic acids is 4. The van der Waals surface area contributed by atoms with Crippen molar-refractivity contribution in [3.63, 3.8) is 0 Å². The number of hydrogen-bond donors (Lipinski definition) is 1. The summed E-state index contributed by atoms with van der Waals surface area (Å²) in [6.07, 6.45) is 9.93. The molecule has 6 heterocycles. The standard InChI is InChI=1S/C52H60ClF3N8O6/c1-3-44(66)62-22-24-63(25-23-62)49-37-29-39(53)45(47(56)48(37)58-52(59-49)70-31-34-11-10-18-60(34)2)46-40(55)12-9-13-42(46)69-26-8-6-4-5-7-19-61-20-16-32(17-21-61)35-27-33(54)28-36-38(35)30-64(51(36)68)41-14-15-43(65)57-50(41)67/h3,9,12-13,27-29,32,34,41H,1,4-8,10-11,14-26,30-31H2,2H3,(H,57,65,67)/t34-,41?/m0/s1. The number of fused-ring (bicyclic) bond motifs is 2. The molecule has 18 heteroatoms. The van der Waals surface area contributed by atoms with E-state index >= 15 is 8.78 Å². The number of piperazine rings is 1. The first-order valence-electron chi connectivity index (χ1n) is 24.7. The van der Waals surface area contributed by atoms with Crippen LogP contribution in [0.1, 0.15) is 98.0 Å². The van der Waals surface area contributed by atoms with E-state index in [0.29, 0.717) is 56.0 Å². The van der Waals surface area contributed by atoms with Gasteiger partial charge in [-0.25, -0.2) is 13.2 Å². The molecule has 0 aliphatic carbocycles. The second kappa shape index (κ2) is 21.7. The van der Waals surface area contributed by atoms with Gasteiger partial charge in [0.05, 0.1) is 17.2 Å². The van der Waals surface area contributed by atoms with Gasteiger partial charge in [0.1, 0.15) is 41.4 Å². The Balaban J connectivity index is 0.785. The van der Waals surface area contributed by atoms with E-state index in [1.165, 1.54) is 29.2 Å². The van der Waals surface area contributed by atoms with Gasteiger partial charge in [-0.1, -0.05) is 43.5 Å². The summed E-state index contributed by atoms with van der Waals surface area (Å²) >= 11 is 6.89. The molecule has 0 saturated carbocycles. The Hall–Kier alpha value is -5.78. The Labute approximate surface area is 411 Å². The number of likely N-dealkylation sites (N-methyl/N-ethyl adjacent to an activating group) is 1. The zero-order chi connectivity index (χ0) is 49.1. The van der Waals surface area contributed by atoms with Crippen LogP contribution in [0.3, 0.4) is 0 Å². The van der Waals surface area contributed by atoms with E-state index < -0.39 is 29.4 Å². The van der Waals surface area contributed by atoms with Gasteiger partial charge in [-0.05, 0) is 132 Å². The molecule has 1 unspecified atom stereocenters. The molecule has 4 saturated heterocycles. The molecule has 9 rings (SSSR count). The average molecular weight is 986 g/mol. The van der Waals surface area contributed by atoms with Crippen LogP contribution in [0.4, 0.5) is 19.0 Å². The molecule has 5 aliphatic heterocycles. The van der Waals surface area contributed by atoms with Gasteiger partial charge in [0.25, 0.3) is 5.91 Å². The van der Waals surface area contributed by atoms with Crippen molar-refractivity contribution in [3.8, 4) is 22.9 Å². The quantitative estimate of drug-likeness (QED) is 0.0634. The molecule has 4 fully saturated rings. The highest BCUT2D eigenvalue weighted by Crippen LogP contribution is 2.44. The van der Waals surface area contributed by atoms with Crippen molar-refractivity contribution in [2.45, 2.75) is 95.2 Å². The van der Waals surface area contributed by atoms with Crippen LogP contribution in [0.5, 0.6) is 11.8 Å². The van der Waals surface area contributed by atoms with E-state index in [0.717, 1.165) is 88.7 Å². The first kappa shape index (κ1) is 49.2. The topological polar surface area (TPSA) is 141 Å². The number of ether oxygens (including phenoxy) is 2. The predicted octanol–water partition coefficient (Wildman–Crippen LogP) is 7.65. The van der Waals surface area contributed by atoms with E-state index in [1.54, 1.807) is 23.1 Å². The van der Waals surface area contributed by atoms with Crippen molar-refractivity contribution in [1.82, 2.24) is 34.9 Å². The van der Waals surface area contributed by atoms with Gasteiger partial charge >= 0.3 is 6.01 Å². The van der Waals surface area contributed by atoms with E-state index in [-0.39, 0.29) is 89.1 Å². The summed E-state index contributed by atoms with van der Waals surface area (Å²) in [6.45, 7) is 9.70. The molecule has 5 aliphatic rings. The third kappa shape index (κ3) is 10.5. The van der Waals surface area contributed by atoms with E-state index in [4.69, 9.17) is 26.1 Å². The first-order chi connectivity index (χ1) is 33.9. The number of piperidine rings is 2. The number of carbonyl (C=O) groups is 4. The number of anilines is 1. The zero-order valence-electron chi connectivity index (χ0n) is 39.6. The number of unbranched alkanes of at least 4 members (excludes halogenated alkanes) is 4. The van der Waals surface area contributed by atoms with Crippen LogP contribution in [-0.4, -0.2) is 138 Å². The van der Waals surface area contributed by atoms with Crippen molar-refractivity contribution in [3.05, 3.63) is 88.2 Å². The Morgan fingerprint density at radius 2 is 1.67 bits per heavy atom. The number of benzene rings is 3. The summed E-state index contributed by atoms with van der Waals surface area (Å²) in [5, 5.41) is 2.64. The molecular weight excluding hydrogens is 925 g/mol. The van der Waals surface area contributed by atoms with E-state index in [9.17, 15) is 23.6 Å². The summed E-state index contributed by atoms with van der Waals surface area (Å²) in [6, 6.07) is 8.18. The van der Waals surface area contributed by atoms with Gasteiger partial charge in [0.15, 0.2) is 5.82 Å². The Morgan fingerprint density at radius 1 is 0.900 bits per heavy atom. The highest BCUT2D eigenvalue weighted by molar-refractivity contribution is 6.34. The van der Waals surface area contributed by atoms with E-state index in [1.807, 2.05) is 11.9 Å². The second-order valence-corrected chi connectivity index (χ2v) is 19.6. The normalized spacial score (nSPS) is 20.4. The third-order valence-corrected chi connectivity index (χ3v) is 15.1. The molecular formula is C52H60ClF3N8O6. The van der Waals surface area contributed by atoms with Crippen LogP contribution in [0.25, 0.3) is 22.0 Å². The highest BCUT2D eigenvalue weighted by atomic mass is 35.5. The Morgan fingerprint density at radius 3 is 2.41 bits per heavy atom. The lowest BCUT2D eigenvalue weighted by Crippen LogP contribution is -2.52. The van der Waals surface area contributed by atoms with Crippen LogP contribution in [0.2, 0.25) is 5.02 Å². The summed E-state index contributed by atoms with van der Waals surface area (Å²) in [4.78, 5) is 69.1. The van der Waals surface area contributed by atoms with Gasteiger partial charge in [-0.15, -0.1) is 0 Å². The Bertz CT molecular complexity index is 2660. The average Bonchev–Trinajstić information content (AvgIpc) is 3.92. The van der Waals surface area contributed by atoms with Gasteiger partial charge in [0.2, 0.25) is 17.7 Å². The van der Waals surface area contributed by atoms with Crippen LogP contribution in [0.15, 0.2) is 49.1 Å². The molecule has 0 spiro atoms. The number of amides is 4. The maximum atomic E-state index is 17.1. The minimum atomic E-state index is -0.819. The number of likely N-dealkylation sites (tertiary alicyclic amines) is 2. The number of rotatable bonds is 17. The molecule has 1 N–H and O–H groups in total. The minimum absolute atomic E-state index is 0.000230. The lowest BCUT2D eigenvalue weighted by Gasteiger charge is -2.35. The summed E-state index contributed by atoms with van der Waals surface area (Å²) in [5.41, 5.74) is 1.63. The molecule has 70 heavy (non-hydrogen) atoms. The number of imide groups is 1. The van der Waals surface area contributed by atoms with Gasteiger partial charge in [0, 0.05) is 61.7 Å².